The summed E-state index contributed by atoms with van der Waals surface area (Å²) in [4.78, 5) is 0. The van der Waals surface area contributed by atoms with E-state index >= 15 is 0 Å². The second-order valence-corrected chi connectivity index (χ2v) is 6.30. The van der Waals surface area contributed by atoms with Crippen molar-refractivity contribution in [1.82, 2.24) is 0 Å². The largest absolute Gasteiger partial charge is 0.354 e. The maximum Gasteiger partial charge on any atom is 0.132 e. The first-order valence-corrected chi connectivity index (χ1v) is 8.31. The van der Waals surface area contributed by atoms with Crippen molar-refractivity contribution in [3.8, 4) is 0 Å². The van der Waals surface area contributed by atoms with E-state index in [2.05, 4.69) is 0 Å². The molecule has 0 bridgehead atoms. The van der Waals surface area contributed by atoms with Gasteiger partial charge in [0, 0.05) is 0 Å². The van der Waals surface area contributed by atoms with Gasteiger partial charge in [-0.05, 0) is 25.7 Å². The lowest BCUT2D eigenvalue weighted by atomic mass is 9.98. The van der Waals surface area contributed by atoms with E-state index < -0.39 is 0 Å². The van der Waals surface area contributed by atoms with Crippen LogP contribution in [-0.4, -0.2) is 28.4 Å². The third-order valence-electron chi connectivity index (χ3n) is 3.87. The monoisotopic (exact) mass is 242 g/mol. The van der Waals surface area contributed by atoms with Crippen LogP contribution in [0.1, 0.15) is 64.2 Å². The summed E-state index contributed by atoms with van der Waals surface area (Å²) < 4.78 is 12.1. The van der Waals surface area contributed by atoms with Gasteiger partial charge in [0.1, 0.15) is 5.91 Å². The van der Waals surface area contributed by atoms with Crippen molar-refractivity contribution < 1.29 is 9.47 Å². The number of hydrogen-bond acceptors (Lipinski definition) is 2. The highest BCUT2D eigenvalue weighted by Crippen LogP contribution is 2.24. The standard InChI is InChI=1S/C13H26O2Si/c16-13(14-11-7-3-1-4-8-11)15-12-9-5-2-6-10-12/h11-13H,1-10H2,16H3. The van der Waals surface area contributed by atoms with Gasteiger partial charge in [-0.3, -0.25) is 0 Å². The van der Waals surface area contributed by atoms with E-state index in [1.165, 1.54) is 64.2 Å². The molecule has 2 rings (SSSR count). The van der Waals surface area contributed by atoms with E-state index in [0.29, 0.717) is 12.2 Å². The molecule has 0 aromatic heterocycles. The molecule has 2 aliphatic rings. The molecule has 0 radical (unpaired) electrons. The molecule has 0 heterocycles. The fraction of sp³-hybridized carbons (Fsp3) is 1.00. The Kier molecular flexibility index (Phi) is 5.33. The van der Waals surface area contributed by atoms with Crippen LogP contribution in [-0.2, 0) is 9.47 Å². The summed E-state index contributed by atoms with van der Waals surface area (Å²) in [5.41, 5.74) is 0. The highest BCUT2D eigenvalue weighted by Gasteiger charge is 2.20. The predicted molar refractivity (Wildman–Crippen MR) is 69.6 cm³/mol. The van der Waals surface area contributed by atoms with Crippen molar-refractivity contribution in [2.45, 2.75) is 82.3 Å². The van der Waals surface area contributed by atoms with E-state index in [4.69, 9.17) is 9.47 Å². The van der Waals surface area contributed by atoms with Gasteiger partial charge < -0.3 is 9.47 Å². The molecule has 2 aliphatic carbocycles. The van der Waals surface area contributed by atoms with Crippen LogP contribution in [0.5, 0.6) is 0 Å². The number of rotatable bonds is 4. The Morgan fingerprint density at radius 2 is 1.06 bits per heavy atom. The first-order valence-electron chi connectivity index (χ1n) is 7.15. The first kappa shape index (κ1) is 12.6. The second-order valence-electron chi connectivity index (χ2n) is 5.36. The van der Waals surface area contributed by atoms with Gasteiger partial charge in [-0.25, -0.2) is 0 Å². The van der Waals surface area contributed by atoms with Crippen LogP contribution in [0, 0.1) is 0 Å². The van der Waals surface area contributed by atoms with Crippen LogP contribution < -0.4 is 0 Å². The van der Waals surface area contributed by atoms with Gasteiger partial charge in [0.25, 0.3) is 0 Å². The van der Waals surface area contributed by atoms with Crippen LogP contribution >= 0.6 is 0 Å². The fourth-order valence-electron chi connectivity index (χ4n) is 2.98. The molecular formula is C13H26O2Si. The third kappa shape index (κ3) is 4.19. The Bertz CT molecular complexity index is 166. The summed E-state index contributed by atoms with van der Waals surface area (Å²) in [6.45, 7) is 0. The molecule has 16 heavy (non-hydrogen) atoms. The van der Waals surface area contributed by atoms with Crippen molar-refractivity contribution in [2.75, 3.05) is 0 Å². The van der Waals surface area contributed by atoms with E-state index in [-0.39, 0.29) is 5.91 Å². The van der Waals surface area contributed by atoms with E-state index in [0.717, 1.165) is 10.2 Å². The van der Waals surface area contributed by atoms with Gasteiger partial charge in [-0.2, -0.15) is 0 Å². The molecular weight excluding hydrogens is 216 g/mol. The molecule has 0 N–H and O–H groups in total. The minimum absolute atomic E-state index is 0.145. The van der Waals surface area contributed by atoms with E-state index in [1.54, 1.807) is 0 Å². The molecule has 2 fully saturated rings. The average Bonchev–Trinajstić information content (AvgIpc) is 2.31. The van der Waals surface area contributed by atoms with Crippen molar-refractivity contribution >= 4 is 10.2 Å². The maximum atomic E-state index is 6.03. The summed E-state index contributed by atoms with van der Waals surface area (Å²) in [5.74, 6) is 0.145. The highest BCUT2D eigenvalue weighted by atomic mass is 28.1. The summed E-state index contributed by atoms with van der Waals surface area (Å²) in [5, 5.41) is 0. The SMILES string of the molecule is [SiH3]C(OC1CCCCC1)OC1CCCCC1. The Morgan fingerprint density at radius 1 is 0.688 bits per heavy atom. The molecule has 0 unspecified atom stereocenters. The molecule has 0 saturated heterocycles. The van der Waals surface area contributed by atoms with Crippen LogP contribution in [0.3, 0.4) is 0 Å². The quantitative estimate of drug-likeness (QED) is 0.556. The van der Waals surface area contributed by atoms with Crippen LogP contribution in [0.2, 0.25) is 0 Å². The predicted octanol–water partition coefficient (Wildman–Crippen LogP) is 2.33. The second kappa shape index (κ2) is 6.77. The summed E-state index contributed by atoms with van der Waals surface area (Å²) in [6, 6.07) is 0. The molecule has 0 atom stereocenters. The zero-order chi connectivity index (χ0) is 11.2. The van der Waals surface area contributed by atoms with Gasteiger partial charge in [0.05, 0.1) is 22.5 Å². The Balaban J connectivity index is 1.64. The molecule has 94 valence electrons. The van der Waals surface area contributed by atoms with Gasteiger partial charge in [0.2, 0.25) is 0 Å². The molecule has 0 aliphatic heterocycles. The molecule has 2 nitrogen and oxygen atoms in total. The number of ether oxygens (including phenoxy) is 2. The lowest BCUT2D eigenvalue weighted by Gasteiger charge is -2.30. The van der Waals surface area contributed by atoms with Crippen molar-refractivity contribution in [2.24, 2.45) is 0 Å². The van der Waals surface area contributed by atoms with Gasteiger partial charge in [-0.1, -0.05) is 38.5 Å². The van der Waals surface area contributed by atoms with Crippen molar-refractivity contribution in [1.29, 1.82) is 0 Å². The van der Waals surface area contributed by atoms with Crippen molar-refractivity contribution in [3.05, 3.63) is 0 Å². The fourth-order valence-corrected chi connectivity index (χ4v) is 3.75. The Hall–Kier alpha value is 0.137. The zero-order valence-corrected chi connectivity index (χ0v) is 12.6. The minimum atomic E-state index is 0.145. The summed E-state index contributed by atoms with van der Waals surface area (Å²) in [6.07, 6.45) is 14.2. The van der Waals surface area contributed by atoms with Crippen molar-refractivity contribution in [3.63, 3.8) is 0 Å². The topological polar surface area (TPSA) is 18.5 Å². The molecule has 0 spiro atoms. The average molecular weight is 242 g/mol. The summed E-state index contributed by atoms with van der Waals surface area (Å²) >= 11 is 0. The van der Waals surface area contributed by atoms with Crippen LogP contribution in [0.4, 0.5) is 0 Å². The third-order valence-corrected chi connectivity index (χ3v) is 4.42. The molecule has 0 amide bonds. The lowest BCUT2D eigenvalue weighted by molar-refractivity contribution is -0.159. The van der Waals surface area contributed by atoms with Gasteiger partial charge >= 0.3 is 0 Å². The number of hydrogen-bond donors (Lipinski definition) is 0. The molecule has 2 saturated carbocycles. The van der Waals surface area contributed by atoms with E-state index in [1.807, 2.05) is 0 Å². The zero-order valence-electron chi connectivity index (χ0n) is 10.6. The normalized spacial score (nSPS) is 25.3. The van der Waals surface area contributed by atoms with Gasteiger partial charge in [0.15, 0.2) is 0 Å². The van der Waals surface area contributed by atoms with E-state index in [9.17, 15) is 0 Å². The molecule has 0 aromatic carbocycles. The lowest BCUT2D eigenvalue weighted by Crippen LogP contribution is -2.31. The molecule has 3 heteroatoms. The highest BCUT2D eigenvalue weighted by molar-refractivity contribution is 6.10. The van der Waals surface area contributed by atoms with Crippen LogP contribution in [0.15, 0.2) is 0 Å². The Labute approximate surface area is 103 Å². The molecule has 0 aromatic rings. The first-order chi connectivity index (χ1) is 7.84. The Morgan fingerprint density at radius 3 is 1.44 bits per heavy atom. The summed E-state index contributed by atoms with van der Waals surface area (Å²) in [7, 11) is 1.01. The maximum absolute atomic E-state index is 6.03. The van der Waals surface area contributed by atoms with Crippen LogP contribution in [0.25, 0.3) is 0 Å². The minimum Gasteiger partial charge on any atom is -0.354 e. The van der Waals surface area contributed by atoms with Gasteiger partial charge in [-0.15, -0.1) is 0 Å². The smallest absolute Gasteiger partial charge is 0.132 e.